The molecule has 0 radical (unpaired) electrons. The summed E-state index contributed by atoms with van der Waals surface area (Å²) in [5, 5.41) is 3.13. The maximum atomic E-state index is 17.3. The molecule has 4 heterocycles. The van der Waals surface area contributed by atoms with Gasteiger partial charge in [-0.3, -0.25) is 5.32 Å². The number of carbonyl (C=O) groups excluding carboxylic acids is 1. The first kappa shape index (κ1) is 41.8. The van der Waals surface area contributed by atoms with Crippen molar-refractivity contribution in [2.45, 2.75) is 52.4 Å². The fourth-order valence-corrected chi connectivity index (χ4v) is 8.78. The molecule has 0 bridgehead atoms. The van der Waals surface area contributed by atoms with Crippen LogP contribution in [-0.2, 0) is 17.8 Å². The van der Waals surface area contributed by atoms with Gasteiger partial charge in [0.05, 0.1) is 47.4 Å². The van der Waals surface area contributed by atoms with Crippen molar-refractivity contribution in [2.75, 3.05) is 42.5 Å². The van der Waals surface area contributed by atoms with E-state index in [0.29, 0.717) is 41.2 Å². The predicted octanol–water partition coefficient (Wildman–Crippen LogP) is 11.3. The van der Waals surface area contributed by atoms with Crippen LogP contribution in [0.15, 0.2) is 85.1 Å². The van der Waals surface area contributed by atoms with Gasteiger partial charge in [0, 0.05) is 36.0 Å². The maximum absolute atomic E-state index is 17.3. The number of benzene rings is 4. The van der Waals surface area contributed by atoms with Crippen LogP contribution in [0.1, 0.15) is 50.4 Å². The fraction of sp³-hybridized carbons (Fsp3) is 0.267. The molecule has 4 aromatic carbocycles. The molecule has 3 aromatic heterocycles. The molecule has 0 fully saturated rings. The number of rotatable bonds is 11. The quantitative estimate of drug-likeness (QED) is 0.125. The van der Waals surface area contributed by atoms with E-state index in [4.69, 9.17) is 52.1 Å². The number of nitrogens with zero attached hydrogens (tertiary/aromatic N) is 6. The minimum Gasteiger partial charge on any atom is -0.497 e. The van der Waals surface area contributed by atoms with Crippen LogP contribution in [0.5, 0.6) is 17.2 Å². The number of hydrogen-bond donors (Lipinski definition) is 1. The SMILES string of the molecule is COc1ccc(CN(Cc2ccc(OC)cc2)c2ncccc2[C@@H](C)N2CCOc3c(Cl)c(-c4cccc5sc(NC(=O)OC(C)(C)C)nc45)c(F)c4nc(Cl)nc2c34)cc1. The lowest BCUT2D eigenvalue weighted by Gasteiger charge is -2.33. The zero-order chi connectivity index (χ0) is 43.0. The number of aromatic nitrogens is 4. The lowest BCUT2D eigenvalue weighted by atomic mass is 10.00. The van der Waals surface area contributed by atoms with Gasteiger partial charge in [0.2, 0.25) is 5.28 Å². The standard InChI is InChI=1S/C45H42Cl2FN7O5S/c1-25(30-10-8-20-49-40(30)54(23-26-12-16-28(57-5)17-13-26)24-27-14-18-29(58-6)19-15-27)55-21-22-59-39-34-38(50-42(47)52-41(34)55)36(48)33(35(39)46)31-9-7-11-32-37(31)51-43(61-32)53-44(56)60-45(2,3)4/h7-20,25H,21-24H2,1-6H3,(H,51,53,56)/t25-/m1/s1. The highest BCUT2D eigenvalue weighted by molar-refractivity contribution is 7.22. The number of ether oxygens (including phenoxy) is 4. The van der Waals surface area contributed by atoms with Gasteiger partial charge in [-0.05, 0) is 86.8 Å². The van der Waals surface area contributed by atoms with Gasteiger partial charge in [0.15, 0.2) is 16.7 Å². The summed E-state index contributed by atoms with van der Waals surface area (Å²) in [6.07, 6.45) is 1.12. The van der Waals surface area contributed by atoms with Crippen molar-refractivity contribution in [2.24, 2.45) is 0 Å². The summed E-state index contributed by atoms with van der Waals surface area (Å²) >= 11 is 15.1. The molecule has 0 spiro atoms. The maximum Gasteiger partial charge on any atom is 0.413 e. The summed E-state index contributed by atoms with van der Waals surface area (Å²) in [6, 6.07) is 24.8. The lowest BCUT2D eigenvalue weighted by molar-refractivity contribution is 0.0636. The van der Waals surface area contributed by atoms with Crippen LogP contribution in [0.2, 0.25) is 10.3 Å². The van der Waals surface area contributed by atoms with Crippen molar-refractivity contribution in [1.82, 2.24) is 19.9 Å². The molecule has 1 aliphatic heterocycles. The third-order valence-corrected chi connectivity index (χ3v) is 11.6. The van der Waals surface area contributed by atoms with Crippen molar-refractivity contribution in [3.63, 3.8) is 0 Å². The van der Waals surface area contributed by atoms with Crippen molar-refractivity contribution in [1.29, 1.82) is 0 Å². The van der Waals surface area contributed by atoms with E-state index in [1.165, 1.54) is 11.3 Å². The van der Waals surface area contributed by atoms with Crippen molar-refractivity contribution in [3.8, 4) is 28.4 Å². The molecule has 1 atom stereocenters. The first-order valence-electron chi connectivity index (χ1n) is 19.4. The molecular weight excluding hydrogens is 841 g/mol. The predicted molar refractivity (Wildman–Crippen MR) is 239 cm³/mol. The number of nitrogens with one attached hydrogen (secondary N) is 1. The molecular formula is C45H42Cl2FN7O5S. The number of fused-ring (bicyclic) bond motifs is 1. The third-order valence-electron chi connectivity index (χ3n) is 10.2. The Morgan fingerprint density at radius 3 is 2.25 bits per heavy atom. The Labute approximate surface area is 366 Å². The van der Waals surface area contributed by atoms with Crippen LogP contribution in [0.4, 0.5) is 26.0 Å². The van der Waals surface area contributed by atoms with Crippen LogP contribution < -0.4 is 29.3 Å². The molecule has 0 saturated carbocycles. The lowest BCUT2D eigenvalue weighted by Crippen LogP contribution is -2.33. The van der Waals surface area contributed by atoms with E-state index in [2.05, 4.69) is 20.2 Å². The molecule has 1 N–H and O–H groups in total. The highest BCUT2D eigenvalue weighted by Crippen LogP contribution is 2.50. The third kappa shape index (κ3) is 8.65. The average molecular weight is 883 g/mol. The summed E-state index contributed by atoms with van der Waals surface area (Å²) in [5.41, 5.74) is 3.09. The number of halogens is 3. The van der Waals surface area contributed by atoms with Crippen LogP contribution in [-0.4, -0.2) is 59.0 Å². The van der Waals surface area contributed by atoms with E-state index in [1.807, 2.05) is 78.6 Å². The van der Waals surface area contributed by atoms with E-state index in [-0.39, 0.29) is 50.3 Å². The Morgan fingerprint density at radius 2 is 1.61 bits per heavy atom. The molecule has 8 rings (SSSR count). The number of para-hydroxylation sites is 1. The molecule has 7 aromatic rings. The van der Waals surface area contributed by atoms with E-state index >= 15 is 4.39 Å². The second-order valence-electron chi connectivity index (χ2n) is 15.4. The van der Waals surface area contributed by atoms with Gasteiger partial charge in [0.25, 0.3) is 0 Å². The first-order chi connectivity index (χ1) is 29.3. The van der Waals surface area contributed by atoms with Crippen LogP contribution in [0.25, 0.3) is 32.2 Å². The summed E-state index contributed by atoms with van der Waals surface area (Å²) in [4.78, 5) is 35.6. The van der Waals surface area contributed by atoms with Crippen LogP contribution in [0, 0.1) is 5.82 Å². The number of anilines is 3. The smallest absolute Gasteiger partial charge is 0.413 e. The Kier molecular flexibility index (Phi) is 11.8. The molecule has 1 amide bonds. The van der Waals surface area contributed by atoms with E-state index in [1.54, 1.807) is 53.3 Å². The van der Waals surface area contributed by atoms with E-state index < -0.39 is 17.5 Å². The summed E-state index contributed by atoms with van der Waals surface area (Å²) < 4.78 is 40.6. The Hall–Kier alpha value is -5.96. The zero-order valence-electron chi connectivity index (χ0n) is 34.3. The molecule has 16 heteroatoms. The number of thiazole rings is 1. The second kappa shape index (κ2) is 17.2. The van der Waals surface area contributed by atoms with Crippen molar-refractivity contribution in [3.05, 3.63) is 118 Å². The average Bonchev–Trinajstić information content (AvgIpc) is 3.55. The normalized spacial score (nSPS) is 13.1. The Balaban J connectivity index is 1.20. The largest absolute Gasteiger partial charge is 0.497 e. The van der Waals surface area contributed by atoms with Gasteiger partial charge in [-0.1, -0.05) is 65.4 Å². The number of pyridine rings is 1. The minimum atomic E-state index is -0.721. The monoisotopic (exact) mass is 881 g/mol. The summed E-state index contributed by atoms with van der Waals surface area (Å²) in [6.45, 7) is 8.96. The number of amides is 1. The van der Waals surface area contributed by atoms with Crippen molar-refractivity contribution >= 4 is 78.5 Å². The Morgan fingerprint density at radius 1 is 0.934 bits per heavy atom. The van der Waals surface area contributed by atoms with Crippen molar-refractivity contribution < 1.29 is 28.1 Å². The highest BCUT2D eigenvalue weighted by atomic mass is 35.5. The topological polar surface area (TPSA) is 124 Å². The molecule has 0 unspecified atom stereocenters. The van der Waals surface area contributed by atoms with Gasteiger partial charge < -0.3 is 28.7 Å². The number of carbonyl (C=O) groups is 1. The first-order valence-corrected chi connectivity index (χ1v) is 21.0. The van der Waals surface area contributed by atoms with Gasteiger partial charge in [-0.2, -0.15) is 4.98 Å². The molecule has 61 heavy (non-hydrogen) atoms. The number of methoxy groups -OCH3 is 2. The summed E-state index contributed by atoms with van der Waals surface area (Å²) in [5.74, 6) is 2.15. The van der Waals surface area contributed by atoms with Gasteiger partial charge in [-0.15, -0.1) is 0 Å². The van der Waals surface area contributed by atoms with Gasteiger partial charge in [0.1, 0.15) is 40.9 Å². The highest BCUT2D eigenvalue weighted by Gasteiger charge is 2.33. The second-order valence-corrected chi connectivity index (χ2v) is 17.1. The fourth-order valence-electron chi connectivity index (χ4n) is 7.41. The molecule has 0 saturated heterocycles. The van der Waals surface area contributed by atoms with Gasteiger partial charge >= 0.3 is 6.09 Å². The van der Waals surface area contributed by atoms with E-state index in [0.717, 1.165) is 34.0 Å². The van der Waals surface area contributed by atoms with E-state index in [9.17, 15) is 4.79 Å². The Bertz CT molecular complexity index is 2700. The van der Waals surface area contributed by atoms with Crippen LogP contribution in [0.3, 0.4) is 0 Å². The zero-order valence-corrected chi connectivity index (χ0v) is 36.6. The summed E-state index contributed by atoms with van der Waals surface area (Å²) in [7, 11) is 3.29. The minimum absolute atomic E-state index is 0.0288. The molecule has 314 valence electrons. The molecule has 1 aliphatic rings. The van der Waals surface area contributed by atoms with Crippen LogP contribution >= 0.6 is 34.5 Å². The molecule has 0 aliphatic carbocycles. The van der Waals surface area contributed by atoms with Gasteiger partial charge in [-0.25, -0.2) is 24.1 Å². The molecule has 12 nitrogen and oxygen atoms in total. The number of hydrogen-bond acceptors (Lipinski definition) is 12.